The second-order valence-electron chi connectivity index (χ2n) is 10.7. The van der Waals surface area contributed by atoms with Gasteiger partial charge in [0.2, 0.25) is 5.13 Å². The number of hydrazone groups is 1. The molecule has 3 aliphatic rings. The van der Waals surface area contributed by atoms with E-state index in [1.54, 1.807) is 11.3 Å². The monoisotopic (exact) mass is 598 g/mol. The van der Waals surface area contributed by atoms with Crippen molar-refractivity contribution < 1.29 is 13.5 Å². The summed E-state index contributed by atoms with van der Waals surface area (Å²) in [4.78, 5) is 10.7. The summed E-state index contributed by atoms with van der Waals surface area (Å²) in [6.07, 6.45) is 3.49. The molecule has 1 fully saturated rings. The van der Waals surface area contributed by atoms with Crippen LogP contribution in [0.25, 0.3) is 0 Å². The van der Waals surface area contributed by atoms with E-state index in [1.165, 1.54) is 22.7 Å². The van der Waals surface area contributed by atoms with Gasteiger partial charge in [-0.05, 0) is 69.1 Å². The van der Waals surface area contributed by atoms with Crippen LogP contribution in [0.15, 0.2) is 53.6 Å². The lowest BCUT2D eigenvalue weighted by molar-refractivity contribution is 0.0359. The van der Waals surface area contributed by atoms with Crippen LogP contribution in [0.1, 0.15) is 41.0 Å². The predicted molar refractivity (Wildman–Crippen MR) is 162 cm³/mol. The van der Waals surface area contributed by atoms with Gasteiger partial charge in [0, 0.05) is 36.6 Å². The Labute approximate surface area is 248 Å². The Morgan fingerprint density at radius 1 is 0.976 bits per heavy atom. The molecule has 0 bridgehead atoms. The van der Waals surface area contributed by atoms with Crippen LogP contribution in [-0.4, -0.2) is 72.3 Å². The molecule has 1 saturated heterocycles. The van der Waals surface area contributed by atoms with E-state index in [9.17, 15) is 8.78 Å². The number of hydrogen-bond donors (Lipinski definition) is 1. The Bertz CT molecular complexity index is 1370. The number of halogens is 2. The minimum absolute atomic E-state index is 0.165. The molecule has 0 aliphatic carbocycles. The SMILES string of the molecule is NCCCC1(c2ccccc2)SC(c2cc(F)ccc2F)=NN1c1nc2c(s1)CCN(CCCN1CCOCC1)C2. The minimum Gasteiger partial charge on any atom is -0.379 e. The average Bonchev–Trinajstić information content (AvgIpc) is 3.60. The lowest BCUT2D eigenvalue weighted by Crippen LogP contribution is -2.39. The van der Waals surface area contributed by atoms with E-state index >= 15 is 0 Å². The second kappa shape index (κ2) is 12.8. The molecule has 1 atom stereocenters. The van der Waals surface area contributed by atoms with Gasteiger partial charge in [-0.15, -0.1) is 0 Å². The number of nitrogens with two attached hydrogens (primary N) is 1. The number of hydrogen-bond acceptors (Lipinski definition) is 9. The third kappa shape index (κ3) is 6.21. The molecule has 3 aliphatic heterocycles. The predicted octanol–water partition coefficient (Wildman–Crippen LogP) is 5.01. The van der Waals surface area contributed by atoms with Gasteiger partial charge in [0.15, 0.2) is 0 Å². The zero-order valence-corrected chi connectivity index (χ0v) is 24.7. The number of benzene rings is 2. The van der Waals surface area contributed by atoms with E-state index < -0.39 is 16.5 Å². The van der Waals surface area contributed by atoms with E-state index in [0.717, 1.165) is 100 Å². The molecule has 3 aromatic rings. The van der Waals surface area contributed by atoms with Gasteiger partial charge in [-0.25, -0.2) is 18.8 Å². The fourth-order valence-electron chi connectivity index (χ4n) is 5.75. The molecule has 1 unspecified atom stereocenters. The summed E-state index contributed by atoms with van der Waals surface area (Å²) < 4.78 is 34.7. The minimum atomic E-state index is -0.674. The van der Waals surface area contributed by atoms with Gasteiger partial charge in [0.25, 0.3) is 0 Å². The molecule has 0 spiro atoms. The number of morpholine rings is 1. The number of nitrogens with zero attached hydrogens (tertiary/aromatic N) is 5. The molecule has 2 N–H and O–H groups in total. The number of thioether (sulfide) groups is 1. The maximum atomic E-state index is 15.0. The first-order valence-electron chi connectivity index (χ1n) is 14.4. The van der Waals surface area contributed by atoms with Crippen LogP contribution >= 0.6 is 23.1 Å². The Kier molecular flexibility index (Phi) is 8.99. The van der Waals surface area contributed by atoms with Crippen molar-refractivity contribution in [2.45, 2.75) is 37.1 Å². The molecule has 0 amide bonds. The highest BCUT2D eigenvalue weighted by atomic mass is 32.2. The van der Waals surface area contributed by atoms with Crippen LogP contribution in [0.2, 0.25) is 0 Å². The number of rotatable bonds is 10. The first-order chi connectivity index (χ1) is 20.1. The summed E-state index contributed by atoms with van der Waals surface area (Å²) in [5, 5.41) is 8.14. The molecule has 218 valence electrons. The van der Waals surface area contributed by atoms with Gasteiger partial charge in [0.1, 0.15) is 21.5 Å². The van der Waals surface area contributed by atoms with Crippen LogP contribution in [0.4, 0.5) is 13.9 Å². The molecule has 7 nitrogen and oxygen atoms in total. The molecular formula is C30H36F2N6OS2. The molecule has 0 saturated carbocycles. The lowest BCUT2D eigenvalue weighted by atomic mass is 10.0. The Hall–Kier alpha value is -2.41. The van der Waals surface area contributed by atoms with Crippen LogP contribution in [0, 0.1) is 11.6 Å². The van der Waals surface area contributed by atoms with Gasteiger partial charge in [0.05, 0.1) is 18.9 Å². The van der Waals surface area contributed by atoms with Gasteiger partial charge in [-0.3, -0.25) is 9.80 Å². The quantitative estimate of drug-likeness (QED) is 0.352. The third-order valence-corrected chi connectivity index (χ3v) is 10.5. The van der Waals surface area contributed by atoms with Gasteiger partial charge in [-0.1, -0.05) is 53.4 Å². The molecular weight excluding hydrogens is 563 g/mol. The van der Waals surface area contributed by atoms with Crippen LogP contribution < -0.4 is 10.7 Å². The number of aromatic nitrogens is 1. The highest BCUT2D eigenvalue weighted by molar-refractivity contribution is 8.15. The molecule has 41 heavy (non-hydrogen) atoms. The molecule has 1 aromatic heterocycles. The number of anilines is 1. The fourth-order valence-corrected chi connectivity index (χ4v) is 8.31. The van der Waals surface area contributed by atoms with E-state index in [1.807, 2.05) is 23.2 Å². The van der Waals surface area contributed by atoms with Crippen molar-refractivity contribution in [2.75, 3.05) is 57.5 Å². The standard InChI is InChI=1S/C30H36F2N6OS2/c31-23-8-9-25(32)24(20-23)28-35-38(30(41-28,11-4-12-33)22-6-2-1-3-7-22)29-34-26-21-37(15-10-27(26)40-29)14-5-13-36-16-18-39-19-17-36/h1-3,6-9,20H,4-5,10-19,21,33H2. The maximum absolute atomic E-state index is 15.0. The van der Waals surface area contributed by atoms with Crippen molar-refractivity contribution in [3.63, 3.8) is 0 Å². The first kappa shape index (κ1) is 28.7. The zero-order valence-electron chi connectivity index (χ0n) is 23.1. The summed E-state index contributed by atoms with van der Waals surface area (Å²) in [6, 6.07) is 13.6. The van der Waals surface area contributed by atoms with E-state index in [0.29, 0.717) is 18.0 Å². The van der Waals surface area contributed by atoms with E-state index in [4.69, 9.17) is 20.6 Å². The van der Waals surface area contributed by atoms with Crippen molar-refractivity contribution >= 4 is 33.3 Å². The topological polar surface area (TPSA) is 70.2 Å². The van der Waals surface area contributed by atoms with Crippen molar-refractivity contribution in [3.05, 3.63) is 81.9 Å². The highest BCUT2D eigenvalue weighted by Crippen LogP contribution is 2.53. The average molecular weight is 599 g/mol. The van der Waals surface area contributed by atoms with Gasteiger partial charge >= 0.3 is 0 Å². The van der Waals surface area contributed by atoms with Gasteiger partial charge < -0.3 is 10.5 Å². The first-order valence-corrected chi connectivity index (χ1v) is 16.0. The van der Waals surface area contributed by atoms with Crippen molar-refractivity contribution in [1.29, 1.82) is 0 Å². The Morgan fingerprint density at radius 3 is 2.59 bits per heavy atom. The summed E-state index contributed by atoms with van der Waals surface area (Å²) in [6.45, 7) is 8.15. The molecule has 11 heteroatoms. The van der Waals surface area contributed by atoms with Crippen LogP contribution in [0.3, 0.4) is 0 Å². The summed E-state index contributed by atoms with van der Waals surface area (Å²) >= 11 is 3.12. The summed E-state index contributed by atoms with van der Waals surface area (Å²) in [5.74, 6) is -0.986. The zero-order chi connectivity index (χ0) is 28.2. The molecule has 4 heterocycles. The summed E-state index contributed by atoms with van der Waals surface area (Å²) in [7, 11) is 0. The largest absolute Gasteiger partial charge is 0.379 e. The van der Waals surface area contributed by atoms with Crippen molar-refractivity contribution in [3.8, 4) is 0 Å². The Morgan fingerprint density at radius 2 is 1.78 bits per heavy atom. The highest BCUT2D eigenvalue weighted by Gasteiger charge is 2.48. The Balaban J connectivity index is 1.29. The fraction of sp³-hybridized carbons (Fsp3) is 0.467. The number of ether oxygens (including phenoxy) is 1. The molecule has 6 rings (SSSR count). The number of fused-ring (bicyclic) bond motifs is 1. The van der Waals surface area contributed by atoms with Crippen LogP contribution in [0.5, 0.6) is 0 Å². The van der Waals surface area contributed by atoms with Crippen molar-refractivity contribution in [1.82, 2.24) is 14.8 Å². The maximum Gasteiger partial charge on any atom is 0.208 e. The van der Waals surface area contributed by atoms with Crippen LogP contribution in [-0.2, 0) is 22.6 Å². The smallest absolute Gasteiger partial charge is 0.208 e. The summed E-state index contributed by atoms with van der Waals surface area (Å²) in [5.41, 5.74) is 8.29. The second-order valence-corrected chi connectivity index (χ2v) is 13.0. The van der Waals surface area contributed by atoms with Gasteiger partial charge in [-0.2, -0.15) is 5.10 Å². The normalized spacial score (nSPS) is 21.7. The third-order valence-electron chi connectivity index (χ3n) is 7.93. The van der Waals surface area contributed by atoms with E-state index in [2.05, 4.69) is 21.9 Å². The number of thiazole rings is 1. The van der Waals surface area contributed by atoms with E-state index in [-0.39, 0.29) is 5.56 Å². The van der Waals surface area contributed by atoms with Crippen molar-refractivity contribution in [2.24, 2.45) is 10.8 Å². The molecule has 2 aromatic carbocycles. The lowest BCUT2D eigenvalue weighted by Gasteiger charge is -2.35. The molecule has 0 radical (unpaired) electrons.